The lowest BCUT2D eigenvalue weighted by Gasteiger charge is -2.27. The fraction of sp³-hybridized carbons (Fsp3) is 0.458. The first kappa shape index (κ1) is 20.9. The highest BCUT2D eigenvalue weighted by atomic mass is 32.2. The van der Waals surface area contributed by atoms with Crippen LogP contribution in [-0.4, -0.2) is 26.9 Å². The van der Waals surface area contributed by atoms with Crippen molar-refractivity contribution in [2.45, 2.75) is 57.4 Å². The van der Waals surface area contributed by atoms with Gasteiger partial charge in [-0.2, -0.15) is 0 Å². The molecule has 2 fully saturated rings. The average molecular weight is 427 g/mol. The number of anilines is 1. The Morgan fingerprint density at radius 3 is 2.33 bits per heavy atom. The number of aryl methyl sites for hydroxylation is 3. The lowest BCUT2D eigenvalue weighted by molar-refractivity contribution is -0.120. The number of hydrogen-bond acceptors (Lipinski definition) is 3. The fourth-order valence-corrected chi connectivity index (χ4v) is 6.25. The molecule has 0 radical (unpaired) electrons. The van der Waals surface area contributed by atoms with Crippen molar-refractivity contribution in [3.63, 3.8) is 0 Å². The van der Waals surface area contributed by atoms with Gasteiger partial charge in [-0.1, -0.05) is 30.2 Å². The molecule has 2 aromatic rings. The highest BCUT2D eigenvalue weighted by molar-refractivity contribution is 7.92. The molecule has 5 nitrogen and oxygen atoms in total. The number of nitrogens with one attached hydrogen (secondary N) is 1. The van der Waals surface area contributed by atoms with E-state index >= 15 is 0 Å². The molecule has 0 saturated heterocycles. The van der Waals surface area contributed by atoms with E-state index in [1.165, 1.54) is 17.1 Å². The van der Waals surface area contributed by atoms with Crippen LogP contribution in [0.3, 0.4) is 0 Å². The first-order chi connectivity index (χ1) is 14.2. The van der Waals surface area contributed by atoms with E-state index in [4.69, 9.17) is 0 Å². The number of carbonyl (C=O) groups is 1. The van der Waals surface area contributed by atoms with Gasteiger partial charge in [-0.25, -0.2) is 8.42 Å². The van der Waals surface area contributed by atoms with Crippen molar-refractivity contribution in [3.05, 3.63) is 59.2 Å². The summed E-state index contributed by atoms with van der Waals surface area (Å²) in [6.45, 7) is 5.64. The third-order valence-electron chi connectivity index (χ3n) is 6.76. The first-order valence-corrected chi connectivity index (χ1v) is 12.1. The lowest BCUT2D eigenvalue weighted by Crippen LogP contribution is -2.46. The predicted molar refractivity (Wildman–Crippen MR) is 119 cm³/mol. The van der Waals surface area contributed by atoms with E-state index in [-0.39, 0.29) is 23.4 Å². The highest BCUT2D eigenvalue weighted by Gasteiger charge is 2.40. The van der Waals surface area contributed by atoms with Crippen LogP contribution in [0, 0.1) is 32.6 Å². The Bertz CT molecular complexity index is 1050. The van der Waals surface area contributed by atoms with Crippen molar-refractivity contribution < 1.29 is 13.2 Å². The lowest BCUT2D eigenvalue weighted by atomic mass is 9.95. The van der Waals surface area contributed by atoms with Gasteiger partial charge in [0.25, 0.3) is 10.0 Å². The van der Waals surface area contributed by atoms with E-state index in [1.807, 2.05) is 32.9 Å². The van der Waals surface area contributed by atoms with E-state index in [9.17, 15) is 13.2 Å². The van der Waals surface area contributed by atoms with E-state index in [1.54, 1.807) is 30.3 Å². The molecular weight excluding hydrogens is 396 g/mol. The number of rotatable bonds is 6. The van der Waals surface area contributed by atoms with Crippen LogP contribution in [0.15, 0.2) is 47.4 Å². The van der Waals surface area contributed by atoms with E-state index < -0.39 is 10.0 Å². The minimum absolute atomic E-state index is 0.180. The van der Waals surface area contributed by atoms with Gasteiger partial charge in [0.2, 0.25) is 5.91 Å². The van der Waals surface area contributed by atoms with E-state index in [0.29, 0.717) is 17.5 Å². The van der Waals surface area contributed by atoms with Crippen molar-refractivity contribution >= 4 is 21.6 Å². The highest BCUT2D eigenvalue weighted by Crippen LogP contribution is 2.44. The second-order valence-electron chi connectivity index (χ2n) is 8.94. The molecule has 0 heterocycles. The van der Waals surface area contributed by atoms with Crippen LogP contribution in [0.2, 0.25) is 0 Å². The number of benzene rings is 2. The second-order valence-corrected chi connectivity index (χ2v) is 10.8. The van der Waals surface area contributed by atoms with Gasteiger partial charge in [0.05, 0.1) is 10.6 Å². The smallest absolute Gasteiger partial charge is 0.264 e. The third kappa shape index (κ3) is 4.10. The molecule has 2 aliphatic rings. The molecule has 6 heteroatoms. The van der Waals surface area contributed by atoms with Crippen molar-refractivity contribution in [3.8, 4) is 0 Å². The topological polar surface area (TPSA) is 66.5 Å². The van der Waals surface area contributed by atoms with Gasteiger partial charge in [0, 0.05) is 6.04 Å². The molecule has 1 amide bonds. The van der Waals surface area contributed by atoms with Crippen LogP contribution in [0.1, 0.15) is 42.4 Å². The minimum atomic E-state index is -3.87. The van der Waals surface area contributed by atoms with Crippen LogP contribution in [-0.2, 0) is 14.8 Å². The fourth-order valence-electron chi connectivity index (χ4n) is 4.84. The summed E-state index contributed by atoms with van der Waals surface area (Å²) in [5.74, 6) is 1.02. The molecule has 30 heavy (non-hydrogen) atoms. The molecule has 2 aromatic carbocycles. The average Bonchev–Trinajstić information content (AvgIpc) is 3.32. The molecular formula is C24H30N2O3S. The summed E-state index contributed by atoms with van der Waals surface area (Å²) in [5.41, 5.74) is 3.57. The van der Waals surface area contributed by atoms with Crippen LogP contribution in [0.25, 0.3) is 0 Å². The third-order valence-corrected chi connectivity index (χ3v) is 8.55. The molecule has 0 aromatic heterocycles. The van der Waals surface area contributed by atoms with Gasteiger partial charge >= 0.3 is 0 Å². The standard InChI is InChI=1S/C24H30N2O3S/c1-16-4-10-22(11-5-16)30(28,29)26(21-9-6-17(2)18(3)12-21)15-24(27)25-23-14-19-7-8-20(23)13-19/h4-6,9-12,19-20,23H,7-8,13-15H2,1-3H3,(H,25,27)/t19-,20-,23+/m0/s1. The number of amides is 1. The Morgan fingerprint density at radius 1 is 1.00 bits per heavy atom. The Morgan fingerprint density at radius 2 is 1.73 bits per heavy atom. The Balaban J connectivity index is 1.62. The van der Waals surface area contributed by atoms with Gasteiger partial charge < -0.3 is 5.32 Å². The SMILES string of the molecule is Cc1ccc(S(=O)(=O)N(CC(=O)N[C@@H]2C[C@H]3CC[C@H]2C3)c2ccc(C)c(C)c2)cc1. The normalized spacial score (nSPS) is 22.8. The predicted octanol–water partition coefficient (Wildman–Crippen LogP) is 4.11. The largest absolute Gasteiger partial charge is 0.352 e. The summed E-state index contributed by atoms with van der Waals surface area (Å²) in [6.07, 6.45) is 4.63. The molecule has 0 spiro atoms. The Hall–Kier alpha value is -2.34. The maximum atomic E-state index is 13.5. The number of hydrogen-bond donors (Lipinski definition) is 1. The molecule has 4 rings (SSSR count). The molecule has 2 aliphatic carbocycles. The second kappa shape index (κ2) is 8.06. The summed E-state index contributed by atoms with van der Waals surface area (Å²) in [5, 5.41) is 3.12. The van der Waals surface area contributed by atoms with Crippen LogP contribution < -0.4 is 9.62 Å². The number of fused-ring (bicyclic) bond motifs is 2. The van der Waals surface area contributed by atoms with E-state index in [2.05, 4.69) is 5.32 Å². The zero-order valence-electron chi connectivity index (χ0n) is 17.9. The van der Waals surface area contributed by atoms with Gasteiger partial charge in [-0.3, -0.25) is 9.10 Å². The number of carbonyl (C=O) groups excluding carboxylic acids is 1. The molecule has 2 bridgehead atoms. The molecule has 1 N–H and O–H groups in total. The van der Waals surface area contributed by atoms with Crippen molar-refractivity contribution in [1.82, 2.24) is 5.32 Å². The maximum Gasteiger partial charge on any atom is 0.264 e. The zero-order chi connectivity index (χ0) is 21.5. The molecule has 0 unspecified atom stereocenters. The van der Waals surface area contributed by atoms with Gasteiger partial charge in [-0.15, -0.1) is 0 Å². The van der Waals surface area contributed by atoms with Crippen LogP contribution >= 0.6 is 0 Å². The summed E-state index contributed by atoms with van der Waals surface area (Å²) < 4.78 is 28.2. The molecule has 2 saturated carbocycles. The summed E-state index contributed by atoms with van der Waals surface area (Å²) in [6, 6.07) is 12.5. The summed E-state index contributed by atoms with van der Waals surface area (Å²) in [7, 11) is -3.87. The quantitative estimate of drug-likeness (QED) is 0.756. The molecule has 0 aliphatic heterocycles. The van der Waals surface area contributed by atoms with Gasteiger partial charge in [0.15, 0.2) is 0 Å². The maximum absolute atomic E-state index is 13.5. The summed E-state index contributed by atoms with van der Waals surface area (Å²) in [4.78, 5) is 13.1. The number of nitrogens with zero attached hydrogens (tertiary/aromatic N) is 1. The van der Waals surface area contributed by atoms with Crippen LogP contribution in [0.5, 0.6) is 0 Å². The van der Waals surface area contributed by atoms with Crippen LogP contribution in [0.4, 0.5) is 5.69 Å². The number of sulfonamides is 1. The Labute approximate surface area is 179 Å². The molecule has 160 valence electrons. The Kier molecular flexibility index (Phi) is 5.62. The van der Waals surface area contributed by atoms with Gasteiger partial charge in [-0.05, 0) is 87.3 Å². The van der Waals surface area contributed by atoms with Crippen molar-refractivity contribution in [1.29, 1.82) is 0 Å². The summed E-state index contributed by atoms with van der Waals surface area (Å²) >= 11 is 0. The minimum Gasteiger partial charge on any atom is -0.352 e. The first-order valence-electron chi connectivity index (χ1n) is 10.7. The van der Waals surface area contributed by atoms with Gasteiger partial charge in [0.1, 0.15) is 6.54 Å². The van der Waals surface area contributed by atoms with E-state index in [0.717, 1.165) is 29.5 Å². The molecule has 3 atom stereocenters. The van der Waals surface area contributed by atoms with Crippen molar-refractivity contribution in [2.75, 3.05) is 10.8 Å². The zero-order valence-corrected chi connectivity index (χ0v) is 18.7. The monoisotopic (exact) mass is 426 g/mol. The van der Waals surface area contributed by atoms with Crippen molar-refractivity contribution in [2.24, 2.45) is 11.8 Å².